The predicted octanol–water partition coefficient (Wildman–Crippen LogP) is 4.23. The zero-order chi connectivity index (χ0) is 23.6. The van der Waals surface area contributed by atoms with Crippen LogP contribution in [0.15, 0.2) is 53.4 Å². The fourth-order valence-electron chi connectivity index (χ4n) is 3.40. The van der Waals surface area contributed by atoms with Gasteiger partial charge >= 0.3 is 0 Å². The summed E-state index contributed by atoms with van der Waals surface area (Å²) in [7, 11) is -0.992. The summed E-state index contributed by atoms with van der Waals surface area (Å²) >= 11 is 0. The Morgan fingerprint density at radius 2 is 1.72 bits per heavy atom. The molecule has 2 aromatic carbocycles. The number of hydrogen-bond donors (Lipinski definition) is 1. The molecule has 2 aromatic rings. The number of amides is 1. The summed E-state index contributed by atoms with van der Waals surface area (Å²) in [5.74, 6) is 0.872. The number of rotatable bonds is 13. The van der Waals surface area contributed by atoms with Crippen molar-refractivity contribution in [2.45, 2.75) is 44.4 Å². The van der Waals surface area contributed by atoms with Gasteiger partial charge < -0.3 is 14.8 Å². The minimum absolute atomic E-state index is 0.108. The first kappa shape index (κ1) is 25.5. The highest BCUT2D eigenvalue weighted by Gasteiger charge is 2.28. The molecule has 0 aromatic heterocycles. The molecule has 0 spiro atoms. The Hall–Kier alpha value is -2.74. The number of sulfonamides is 1. The molecule has 1 amide bonds. The Bertz CT molecular complexity index is 964. The Balaban J connectivity index is 2.32. The molecule has 7 nitrogen and oxygen atoms in total. The molecule has 0 heterocycles. The SMILES string of the molecule is CCCCC(CC)CNC(=O)CN(c1ccc(OC)c(OC)c1)S(=O)(=O)c1ccccc1. The lowest BCUT2D eigenvalue weighted by Crippen LogP contribution is -2.42. The van der Waals surface area contributed by atoms with E-state index in [0.717, 1.165) is 30.0 Å². The number of ether oxygens (including phenoxy) is 2. The second-order valence-corrected chi connectivity index (χ2v) is 9.45. The standard InChI is InChI=1S/C24H34N2O5S/c1-5-7-11-19(6-2)17-25-24(27)18-26(32(28,29)21-12-9-8-10-13-21)20-14-15-22(30-3)23(16-20)31-4/h8-10,12-16,19H,5-7,11,17-18H2,1-4H3,(H,25,27). The highest BCUT2D eigenvalue weighted by atomic mass is 32.2. The lowest BCUT2D eigenvalue weighted by atomic mass is 9.99. The maximum Gasteiger partial charge on any atom is 0.264 e. The van der Waals surface area contributed by atoms with E-state index in [1.807, 2.05) is 0 Å². The van der Waals surface area contributed by atoms with Crippen molar-refractivity contribution in [2.75, 3.05) is 31.6 Å². The summed E-state index contributed by atoms with van der Waals surface area (Å²) < 4.78 is 38.6. The van der Waals surface area contributed by atoms with Crippen molar-refractivity contribution in [1.82, 2.24) is 5.32 Å². The van der Waals surface area contributed by atoms with Gasteiger partial charge in [0.25, 0.3) is 10.0 Å². The van der Waals surface area contributed by atoms with Crippen molar-refractivity contribution in [3.05, 3.63) is 48.5 Å². The molecule has 176 valence electrons. The van der Waals surface area contributed by atoms with Gasteiger partial charge in [-0.1, -0.05) is 51.3 Å². The molecule has 0 saturated heterocycles. The summed E-state index contributed by atoms with van der Waals surface area (Å²) in [6.45, 7) is 4.43. The van der Waals surface area contributed by atoms with Crippen LogP contribution in [0.4, 0.5) is 5.69 Å². The third-order valence-electron chi connectivity index (χ3n) is 5.40. The van der Waals surface area contributed by atoms with Gasteiger partial charge in [-0.15, -0.1) is 0 Å². The van der Waals surface area contributed by atoms with Crippen LogP contribution in [-0.4, -0.2) is 41.6 Å². The van der Waals surface area contributed by atoms with Gasteiger partial charge in [0, 0.05) is 12.6 Å². The molecule has 0 aliphatic heterocycles. The molecule has 0 saturated carbocycles. The van der Waals surface area contributed by atoms with Crippen LogP contribution in [0.1, 0.15) is 39.5 Å². The molecule has 0 aliphatic rings. The highest BCUT2D eigenvalue weighted by molar-refractivity contribution is 7.92. The number of anilines is 1. The number of methoxy groups -OCH3 is 2. The first-order chi connectivity index (χ1) is 15.4. The summed E-state index contributed by atoms with van der Waals surface area (Å²) in [5, 5.41) is 2.92. The van der Waals surface area contributed by atoms with Crippen LogP contribution in [0.5, 0.6) is 11.5 Å². The number of carbonyl (C=O) groups excluding carboxylic acids is 1. The van der Waals surface area contributed by atoms with Crippen molar-refractivity contribution in [3.8, 4) is 11.5 Å². The maximum absolute atomic E-state index is 13.4. The molecular formula is C24H34N2O5S. The molecule has 1 unspecified atom stereocenters. The number of nitrogens with zero attached hydrogens (tertiary/aromatic N) is 1. The second-order valence-electron chi connectivity index (χ2n) is 7.58. The normalized spacial score (nSPS) is 12.1. The second kappa shape index (κ2) is 12.3. The van der Waals surface area contributed by atoms with Gasteiger partial charge in [0.1, 0.15) is 6.54 Å². The van der Waals surface area contributed by atoms with Crippen molar-refractivity contribution in [3.63, 3.8) is 0 Å². The van der Waals surface area contributed by atoms with Crippen LogP contribution in [-0.2, 0) is 14.8 Å². The predicted molar refractivity (Wildman–Crippen MR) is 127 cm³/mol. The topological polar surface area (TPSA) is 84.9 Å². The number of carbonyl (C=O) groups is 1. The highest BCUT2D eigenvalue weighted by Crippen LogP contribution is 2.33. The van der Waals surface area contributed by atoms with Gasteiger partial charge in [0.05, 0.1) is 24.8 Å². The average molecular weight is 463 g/mol. The van der Waals surface area contributed by atoms with Crippen molar-refractivity contribution < 1.29 is 22.7 Å². The molecule has 1 N–H and O–H groups in total. The number of unbranched alkanes of at least 4 members (excludes halogenated alkanes) is 1. The Morgan fingerprint density at radius 1 is 1.03 bits per heavy atom. The molecule has 2 rings (SSSR count). The zero-order valence-electron chi connectivity index (χ0n) is 19.3. The quantitative estimate of drug-likeness (QED) is 0.481. The first-order valence-corrected chi connectivity index (χ1v) is 12.4. The van der Waals surface area contributed by atoms with Crippen LogP contribution in [0.25, 0.3) is 0 Å². The van der Waals surface area contributed by atoms with Gasteiger partial charge in [-0.25, -0.2) is 8.42 Å². The fraction of sp³-hybridized carbons (Fsp3) is 0.458. The van der Waals surface area contributed by atoms with E-state index in [2.05, 4.69) is 19.2 Å². The van der Waals surface area contributed by atoms with Gasteiger partial charge in [0.15, 0.2) is 11.5 Å². The van der Waals surface area contributed by atoms with E-state index in [0.29, 0.717) is 29.6 Å². The minimum Gasteiger partial charge on any atom is -0.493 e. The van der Waals surface area contributed by atoms with E-state index < -0.39 is 10.0 Å². The van der Waals surface area contributed by atoms with E-state index >= 15 is 0 Å². The first-order valence-electron chi connectivity index (χ1n) is 10.9. The molecule has 0 bridgehead atoms. The maximum atomic E-state index is 13.4. The lowest BCUT2D eigenvalue weighted by Gasteiger charge is -2.25. The largest absolute Gasteiger partial charge is 0.493 e. The van der Waals surface area contributed by atoms with E-state index in [1.165, 1.54) is 26.4 Å². The molecule has 0 aliphatic carbocycles. The molecule has 0 radical (unpaired) electrons. The monoisotopic (exact) mass is 462 g/mol. The number of benzene rings is 2. The number of nitrogens with one attached hydrogen (secondary N) is 1. The van der Waals surface area contributed by atoms with Crippen LogP contribution in [0, 0.1) is 5.92 Å². The Morgan fingerprint density at radius 3 is 2.31 bits per heavy atom. The third kappa shape index (κ3) is 6.63. The smallest absolute Gasteiger partial charge is 0.264 e. The molecular weight excluding hydrogens is 428 g/mol. The minimum atomic E-state index is -3.98. The van der Waals surface area contributed by atoms with Crippen molar-refractivity contribution in [1.29, 1.82) is 0 Å². The van der Waals surface area contributed by atoms with E-state index in [1.54, 1.807) is 36.4 Å². The summed E-state index contributed by atoms with van der Waals surface area (Å²) in [6, 6.07) is 12.9. The number of hydrogen-bond acceptors (Lipinski definition) is 5. The summed E-state index contributed by atoms with van der Waals surface area (Å²) in [5.41, 5.74) is 0.319. The van der Waals surface area contributed by atoms with Gasteiger partial charge in [-0.2, -0.15) is 0 Å². The van der Waals surface area contributed by atoms with Crippen LogP contribution in [0.2, 0.25) is 0 Å². The summed E-state index contributed by atoms with van der Waals surface area (Å²) in [4.78, 5) is 12.9. The van der Waals surface area contributed by atoms with Gasteiger partial charge in [-0.3, -0.25) is 9.10 Å². The Kier molecular flexibility index (Phi) is 9.84. The Labute approximate surface area is 191 Å². The average Bonchev–Trinajstić information content (AvgIpc) is 2.82. The fourth-order valence-corrected chi connectivity index (χ4v) is 4.84. The van der Waals surface area contributed by atoms with Crippen molar-refractivity contribution in [2.24, 2.45) is 5.92 Å². The third-order valence-corrected chi connectivity index (χ3v) is 7.19. The van der Waals surface area contributed by atoms with Crippen LogP contribution in [0.3, 0.4) is 0 Å². The van der Waals surface area contributed by atoms with Gasteiger partial charge in [-0.05, 0) is 36.6 Å². The lowest BCUT2D eigenvalue weighted by molar-refractivity contribution is -0.119. The van der Waals surface area contributed by atoms with E-state index in [9.17, 15) is 13.2 Å². The van der Waals surface area contributed by atoms with E-state index in [4.69, 9.17) is 9.47 Å². The van der Waals surface area contributed by atoms with Crippen LogP contribution < -0.4 is 19.1 Å². The van der Waals surface area contributed by atoms with Crippen LogP contribution >= 0.6 is 0 Å². The summed E-state index contributed by atoms with van der Waals surface area (Å²) in [6.07, 6.45) is 4.21. The zero-order valence-corrected chi connectivity index (χ0v) is 20.2. The molecule has 0 fully saturated rings. The molecule has 1 atom stereocenters. The van der Waals surface area contributed by atoms with Crippen molar-refractivity contribution >= 4 is 21.6 Å². The van der Waals surface area contributed by atoms with Gasteiger partial charge in [0.2, 0.25) is 5.91 Å². The molecule has 8 heteroatoms. The van der Waals surface area contributed by atoms with E-state index in [-0.39, 0.29) is 17.3 Å². The molecule has 32 heavy (non-hydrogen) atoms.